The number of carbonyl (C=O) groups is 1. The fraction of sp³-hybridized carbons (Fsp3) is 0.385. The predicted molar refractivity (Wildman–Crippen MR) is 126 cm³/mol. The van der Waals surface area contributed by atoms with Crippen LogP contribution in [0.3, 0.4) is 0 Å². The van der Waals surface area contributed by atoms with E-state index in [1.807, 2.05) is 6.07 Å². The van der Waals surface area contributed by atoms with E-state index in [1.165, 1.54) is 4.90 Å². The van der Waals surface area contributed by atoms with E-state index in [1.54, 1.807) is 55.5 Å². The van der Waals surface area contributed by atoms with Crippen molar-refractivity contribution in [1.29, 1.82) is 0 Å². The molecule has 1 fully saturated rings. The number of hydrogen-bond acceptors (Lipinski definition) is 6. The summed E-state index contributed by atoms with van der Waals surface area (Å²) >= 11 is 0. The molecule has 0 saturated carbocycles. The summed E-state index contributed by atoms with van der Waals surface area (Å²) < 4.78 is 22.6. The molecule has 2 aliphatic heterocycles. The van der Waals surface area contributed by atoms with E-state index in [0.717, 1.165) is 39.3 Å². The highest BCUT2D eigenvalue weighted by atomic mass is 16.5. The van der Waals surface area contributed by atoms with Gasteiger partial charge in [-0.25, -0.2) is 0 Å². The SMILES string of the molecule is COc1ccc(OC)c([C@@H]2c3c(oc4ccccc4c3=O)C(=O)N2CCC[NH+]2CCOCC2)c1. The second-order valence-electron chi connectivity index (χ2n) is 8.65. The van der Waals surface area contributed by atoms with Gasteiger partial charge >= 0.3 is 0 Å². The molecule has 178 valence electrons. The highest BCUT2D eigenvalue weighted by molar-refractivity contribution is 5.99. The smallest absolute Gasteiger partial charge is 0.290 e. The third-order valence-electron chi connectivity index (χ3n) is 6.73. The Labute approximate surface area is 197 Å². The summed E-state index contributed by atoms with van der Waals surface area (Å²) in [5.41, 5.74) is 1.28. The molecule has 0 unspecified atom stereocenters. The van der Waals surface area contributed by atoms with Crippen LogP contribution in [0.25, 0.3) is 11.0 Å². The highest BCUT2D eigenvalue weighted by Gasteiger charge is 2.43. The van der Waals surface area contributed by atoms with E-state index in [0.29, 0.717) is 40.1 Å². The molecule has 3 heterocycles. The van der Waals surface area contributed by atoms with Gasteiger partial charge in [0.25, 0.3) is 5.91 Å². The predicted octanol–water partition coefficient (Wildman–Crippen LogP) is 1.66. The first-order valence-electron chi connectivity index (χ1n) is 11.6. The number of nitrogens with zero attached hydrogens (tertiary/aromatic N) is 1. The molecular formula is C26H29N2O6+. The Morgan fingerprint density at radius 2 is 1.85 bits per heavy atom. The second-order valence-corrected chi connectivity index (χ2v) is 8.65. The van der Waals surface area contributed by atoms with Crippen molar-refractivity contribution >= 4 is 16.9 Å². The third-order valence-corrected chi connectivity index (χ3v) is 6.73. The largest absolute Gasteiger partial charge is 0.497 e. The number of amides is 1. The van der Waals surface area contributed by atoms with Crippen molar-refractivity contribution in [3.8, 4) is 11.5 Å². The molecule has 0 radical (unpaired) electrons. The third kappa shape index (κ3) is 3.93. The topological polar surface area (TPSA) is 82.7 Å². The van der Waals surface area contributed by atoms with Crippen LogP contribution in [0.1, 0.15) is 34.1 Å². The number of hydrogen-bond donors (Lipinski definition) is 1. The molecule has 0 aliphatic carbocycles. The average Bonchev–Trinajstić information content (AvgIpc) is 3.16. The van der Waals surface area contributed by atoms with Crippen LogP contribution < -0.4 is 19.8 Å². The zero-order chi connectivity index (χ0) is 23.7. The molecule has 5 rings (SSSR count). The summed E-state index contributed by atoms with van der Waals surface area (Å²) in [5.74, 6) is 1.05. The summed E-state index contributed by atoms with van der Waals surface area (Å²) in [6.45, 7) is 4.87. The highest BCUT2D eigenvalue weighted by Crippen LogP contribution is 2.42. The van der Waals surface area contributed by atoms with E-state index >= 15 is 0 Å². The second kappa shape index (κ2) is 9.48. The van der Waals surface area contributed by atoms with Crippen molar-refractivity contribution in [2.24, 2.45) is 0 Å². The maximum absolute atomic E-state index is 13.6. The van der Waals surface area contributed by atoms with Gasteiger partial charge in [-0.05, 0) is 30.3 Å². The Kier molecular flexibility index (Phi) is 6.26. The Balaban J connectivity index is 1.58. The lowest BCUT2D eigenvalue weighted by Crippen LogP contribution is -3.14. The van der Waals surface area contributed by atoms with Crippen LogP contribution in [0.15, 0.2) is 51.7 Å². The van der Waals surface area contributed by atoms with E-state index in [-0.39, 0.29) is 17.1 Å². The first kappa shape index (κ1) is 22.4. The van der Waals surface area contributed by atoms with Gasteiger partial charge < -0.3 is 28.4 Å². The van der Waals surface area contributed by atoms with Crippen molar-refractivity contribution in [1.82, 2.24) is 4.90 Å². The number of carbonyl (C=O) groups excluding carboxylic acids is 1. The number of benzene rings is 2. The number of fused-ring (bicyclic) bond motifs is 2. The van der Waals surface area contributed by atoms with Crippen LogP contribution in [0, 0.1) is 0 Å². The number of methoxy groups -OCH3 is 2. The molecule has 3 aromatic rings. The monoisotopic (exact) mass is 465 g/mol. The lowest BCUT2D eigenvalue weighted by Gasteiger charge is -2.28. The van der Waals surface area contributed by atoms with Crippen LogP contribution in [0.5, 0.6) is 11.5 Å². The van der Waals surface area contributed by atoms with Gasteiger partial charge in [-0.2, -0.15) is 0 Å². The zero-order valence-corrected chi connectivity index (χ0v) is 19.5. The Bertz CT molecular complexity index is 1260. The molecule has 0 spiro atoms. The lowest BCUT2D eigenvalue weighted by molar-refractivity contribution is -0.908. The number of quaternary nitrogens is 1. The standard InChI is InChI=1S/C26H28N2O6/c1-31-17-8-9-20(32-2)19(16-17)23-22-24(29)18-6-3-4-7-21(18)34-25(22)26(30)28(23)11-5-10-27-12-14-33-15-13-27/h3-4,6-9,16,23H,5,10-15H2,1-2H3/p+1/t23-/m1/s1. The Hall–Kier alpha value is -3.36. The summed E-state index contributed by atoms with van der Waals surface area (Å²) in [7, 11) is 3.17. The average molecular weight is 466 g/mol. The fourth-order valence-electron chi connectivity index (χ4n) is 4.98. The molecule has 1 aromatic heterocycles. The maximum Gasteiger partial charge on any atom is 0.290 e. The van der Waals surface area contributed by atoms with Crippen LogP contribution in [-0.4, -0.2) is 64.4 Å². The number of nitrogens with one attached hydrogen (secondary N) is 1. The molecular weight excluding hydrogens is 436 g/mol. The number of para-hydroxylation sites is 1. The van der Waals surface area contributed by atoms with Crippen LogP contribution in [0.4, 0.5) is 0 Å². The minimum absolute atomic E-state index is 0.109. The quantitative estimate of drug-likeness (QED) is 0.572. The minimum Gasteiger partial charge on any atom is -0.497 e. The van der Waals surface area contributed by atoms with E-state index in [2.05, 4.69) is 0 Å². The first-order chi connectivity index (χ1) is 16.6. The molecule has 1 amide bonds. The molecule has 1 atom stereocenters. The van der Waals surface area contributed by atoms with Gasteiger partial charge in [-0.1, -0.05) is 12.1 Å². The molecule has 34 heavy (non-hydrogen) atoms. The Morgan fingerprint density at radius 3 is 2.62 bits per heavy atom. The van der Waals surface area contributed by atoms with E-state index < -0.39 is 6.04 Å². The van der Waals surface area contributed by atoms with Gasteiger partial charge in [0.05, 0.1) is 51.0 Å². The summed E-state index contributed by atoms with van der Waals surface area (Å²) in [6.07, 6.45) is 0.797. The molecule has 0 bridgehead atoms. The molecule has 8 nitrogen and oxygen atoms in total. The van der Waals surface area contributed by atoms with Crippen molar-refractivity contribution in [2.45, 2.75) is 12.5 Å². The van der Waals surface area contributed by atoms with Crippen molar-refractivity contribution < 1.29 is 28.3 Å². The van der Waals surface area contributed by atoms with Crippen LogP contribution in [0.2, 0.25) is 0 Å². The number of rotatable bonds is 7. The summed E-state index contributed by atoms with van der Waals surface area (Å²) in [4.78, 5) is 30.5. The maximum atomic E-state index is 13.6. The summed E-state index contributed by atoms with van der Waals surface area (Å²) in [5, 5.41) is 0.459. The summed E-state index contributed by atoms with van der Waals surface area (Å²) in [6, 6.07) is 11.9. The van der Waals surface area contributed by atoms with Gasteiger partial charge in [0.15, 0.2) is 5.43 Å². The molecule has 1 saturated heterocycles. The van der Waals surface area contributed by atoms with E-state index in [4.69, 9.17) is 18.6 Å². The molecule has 2 aromatic carbocycles. The number of morpholine rings is 1. The normalized spacial score (nSPS) is 18.4. The number of ether oxygens (including phenoxy) is 3. The van der Waals surface area contributed by atoms with Crippen molar-refractivity contribution in [2.75, 3.05) is 53.6 Å². The van der Waals surface area contributed by atoms with E-state index in [9.17, 15) is 9.59 Å². The molecule has 2 aliphatic rings. The minimum atomic E-state index is -0.618. The van der Waals surface area contributed by atoms with Gasteiger partial charge in [0.2, 0.25) is 5.76 Å². The fourth-order valence-corrected chi connectivity index (χ4v) is 4.98. The van der Waals surface area contributed by atoms with Crippen LogP contribution >= 0.6 is 0 Å². The molecule has 1 N–H and O–H groups in total. The first-order valence-corrected chi connectivity index (χ1v) is 11.6. The zero-order valence-electron chi connectivity index (χ0n) is 19.5. The van der Waals surface area contributed by atoms with Gasteiger partial charge in [0, 0.05) is 18.5 Å². The lowest BCUT2D eigenvalue weighted by atomic mass is 9.97. The van der Waals surface area contributed by atoms with Crippen molar-refractivity contribution in [3.05, 3.63) is 69.6 Å². The molecule has 8 heteroatoms. The van der Waals surface area contributed by atoms with Gasteiger partial charge in [-0.15, -0.1) is 0 Å². The Morgan fingerprint density at radius 1 is 1.06 bits per heavy atom. The van der Waals surface area contributed by atoms with Gasteiger partial charge in [-0.3, -0.25) is 9.59 Å². The van der Waals surface area contributed by atoms with Crippen molar-refractivity contribution in [3.63, 3.8) is 0 Å². The van der Waals surface area contributed by atoms with Gasteiger partial charge in [0.1, 0.15) is 30.2 Å². The van der Waals surface area contributed by atoms with Crippen LogP contribution in [-0.2, 0) is 4.74 Å².